The Bertz CT molecular complexity index is 162. The molecule has 10 heavy (non-hydrogen) atoms. The first kappa shape index (κ1) is 8.81. The second-order valence-corrected chi connectivity index (χ2v) is 1.87. The van der Waals surface area contributed by atoms with E-state index < -0.39 is 0 Å². The van der Waals surface area contributed by atoms with E-state index >= 15 is 0 Å². The predicted molar refractivity (Wildman–Crippen MR) is 40.0 cm³/mol. The minimum absolute atomic E-state index is 0.227. The van der Waals surface area contributed by atoms with Crippen molar-refractivity contribution >= 4 is 5.91 Å². The van der Waals surface area contributed by atoms with Crippen molar-refractivity contribution < 1.29 is 4.79 Å². The minimum atomic E-state index is -0.258. The highest BCUT2D eigenvalue weighted by molar-refractivity contribution is 5.92. The molecule has 58 valence electrons. The van der Waals surface area contributed by atoms with Crippen LogP contribution in [0.1, 0.15) is 6.92 Å². The largest absolute Gasteiger partial charge is 0.393 e. The summed E-state index contributed by atoms with van der Waals surface area (Å²) in [5, 5.41) is 5.19. The number of hydrogen-bond acceptors (Lipinski definition) is 3. The number of carbonyl (C=O) groups excluding carboxylic acids is 1. The summed E-state index contributed by atoms with van der Waals surface area (Å²) < 4.78 is 0. The molecule has 0 saturated carbocycles. The first-order valence-electron chi connectivity index (χ1n) is 2.99. The second kappa shape index (κ2) is 3.76. The number of amides is 1. The Labute approximate surface area is 60.5 Å². The van der Waals surface area contributed by atoms with Gasteiger partial charge in [0.05, 0.1) is 0 Å². The van der Waals surface area contributed by atoms with Gasteiger partial charge in [0, 0.05) is 19.8 Å². The molecular weight excluding hydrogens is 130 g/mol. The SMILES string of the molecule is CNC(=O)/C(N)=C(/C)NC. The lowest BCUT2D eigenvalue weighted by molar-refractivity contribution is -0.117. The molecule has 1 amide bonds. The first-order valence-corrected chi connectivity index (χ1v) is 2.99. The fraction of sp³-hybridized carbons (Fsp3) is 0.500. The molecule has 0 aliphatic carbocycles. The Morgan fingerprint density at radius 3 is 2.10 bits per heavy atom. The molecule has 0 bridgehead atoms. The zero-order chi connectivity index (χ0) is 8.15. The maximum atomic E-state index is 10.8. The highest BCUT2D eigenvalue weighted by atomic mass is 16.1. The lowest BCUT2D eigenvalue weighted by atomic mass is 10.3. The third-order valence-electron chi connectivity index (χ3n) is 1.25. The van der Waals surface area contributed by atoms with E-state index in [-0.39, 0.29) is 11.6 Å². The van der Waals surface area contributed by atoms with E-state index in [9.17, 15) is 4.79 Å². The summed E-state index contributed by atoms with van der Waals surface area (Å²) in [6.45, 7) is 1.74. The normalized spacial score (nSPS) is 11.9. The summed E-state index contributed by atoms with van der Waals surface area (Å²) in [4.78, 5) is 10.8. The lowest BCUT2D eigenvalue weighted by Gasteiger charge is -2.04. The van der Waals surface area contributed by atoms with E-state index in [2.05, 4.69) is 10.6 Å². The number of likely N-dealkylation sites (N-methyl/N-ethyl adjacent to an activating group) is 1. The summed E-state index contributed by atoms with van der Waals surface area (Å²) in [6.07, 6.45) is 0. The molecule has 0 aromatic heterocycles. The van der Waals surface area contributed by atoms with Crippen LogP contribution in [0.5, 0.6) is 0 Å². The summed E-state index contributed by atoms with van der Waals surface area (Å²) in [6, 6.07) is 0. The summed E-state index contributed by atoms with van der Waals surface area (Å²) in [5.41, 5.74) is 6.29. The molecule has 0 aliphatic heterocycles. The minimum Gasteiger partial charge on any atom is -0.393 e. The molecule has 0 spiro atoms. The Balaban J connectivity index is 4.30. The molecule has 0 rings (SSSR count). The molecule has 4 N–H and O–H groups in total. The van der Waals surface area contributed by atoms with Gasteiger partial charge in [-0.3, -0.25) is 4.79 Å². The Morgan fingerprint density at radius 1 is 1.30 bits per heavy atom. The standard InChI is InChI=1S/C6H13N3O/c1-4(8-2)5(7)6(10)9-3/h8H,7H2,1-3H3,(H,9,10)/b5-4+. The molecule has 0 atom stereocenters. The average molecular weight is 143 g/mol. The van der Waals surface area contributed by atoms with Crippen molar-refractivity contribution in [1.82, 2.24) is 10.6 Å². The molecule has 0 aromatic rings. The molecular formula is C6H13N3O. The fourth-order valence-electron chi connectivity index (χ4n) is 0.440. The average Bonchev–Trinajstić information content (AvgIpc) is 2.00. The summed E-state index contributed by atoms with van der Waals surface area (Å²) in [5.74, 6) is -0.258. The van der Waals surface area contributed by atoms with Crippen LogP contribution in [0.15, 0.2) is 11.4 Å². The summed E-state index contributed by atoms with van der Waals surface area (Å²) in [7, 11) is 3.25. The van der Waals surface area contributed by atoms with E-state index in [1.54, 1.807) is 14.0 Å². The van der Waals surface area contributed by atoms with Crippen LogP contribution in [-0.2, 0) is 4.79 Å². The number of carbonyl (C=O) groups is 1. The van der Waals surface area contributed by atoms with Crippen molar-refractivity contribution in [3.05, 3.63) is 11.4 Å². The number of hydrogen-bond donors (Lipinski definition) is 3. The van der Waals surface area contributed by atoms with Crippen LogP contribution in [0.2, 0.25) is 0 Å². The van der Waals surface area contributed by atoms with Crippen LogP contribution in [0, 0.1) is 0 Å². The van der Waals surface area contributed by atoms with Crippen molar-refractivity contribution in [2.75, 3.05) is 14.1 Å². The van der Waals surface area contributed by atoms with Gasteiger partial charge in [0.25, 0.3) is 5.91 Å². The van der Waals surface area contributed by atoms with Gasteiger partial charge in [0.2, 0.25) is 0 Å². The van der Waals surface area contributed by atoms with Gasteiger partial charge in [-0.1, -0.05) is 0 Å². The molecule has 0 aromatic carbocycles. The van der Waals surface area contributed by atoms with Gasteiger partial charge in [0.1, 0.15) is 5.70 Å². The van der Waals surface area contributed by atoms with Gasteiger partial charge in [-0.2, -0.15) is 0 Å². The molecule has 0 aliphatic rings. The predicted octanol–water partition coefficient (Wildman–Crippen LogP) is -0.858. The monoisotopic (exact) mass is 143 g/mol. The fourth-order valence-corrected chi connectivity index (χ4v) is 0.440. The number of nitrogens with two attached hydrogens (primary N) is 1. The smallest absolute Gasteiger partial charge is 0.268 e. The molecule has 0 fully saturated rings. The van der Waals surface area contributed by atoms with Crippen LogP contribution in [0.4, 0.5) is 0 Å². The molecule has 0 radical (unpaired) electrons. The zero-order valence-corrected chi connectivity index (χ0v) is 6.49. The third kappa shape index (κ3) is 1.97. The maximum Gasteiger partial charge on any atom is 0.268 e. The van der Waals surface area contributed by atoms with Crippen molar-refractivity contribution in [3.63, 3.8) is 0 Å². The van der Waals surface area contributed by atoms with E-state index in [1.165, 1.54) is 7.05 Å². The second-order valence-electron chi connectivity index (χ2n) is 1.87. The highest BCUT2D eigenvalue weighted by Gasteiger charge is 2.03. The van der Waals surface area contributed by atoms with Gasteiger partial charge in [0.15, 0.2) is 0 Å². The number of rotatable bonds is 2. The third-order valence-corrected chi connectivity index (χ3v) is 1.25. The van der Waals surface area contributed by atoms with E-state index in [1.807, 2.05) is 0 Å². The molecule has 0 saturated heterocycles. The Kier molecular flexibility index (Phi) is 3.32. The topological polar surface area (TPSA) is 67.2 Å². The molecule has 4 nitrogen and oxygen atoms in total. The molecule has 0 unspecified atom stereocenters. The molecule has 0 heterocycles. The van der Waals surface area contributed by atoms with Crippen LogP contribution < -0.4 is 16.4 Å². The van der Waals surface area contributed by atoms with Crippen LogP contribution >= 0.6 is 0 Å². The van der Waals surface area contributed by atoms with Crippen LogP contribution in [-0.4, -0.2) is 20.0 Å². The van der Waals surface area contributed by atoms with Crippen LogP contribution in [0.3, 0.4) is 0 Å². The maximum absolute atomic E-state index is 10.8. The van der Waals surface area contributed by atoms with Gasteiger partial charge < -0.3 is 16.4 Å². The van der Waals surface area contributed by atoms with Crippen molar-refractivity contribution in [3.8, 4) is 0 Å². The summed E-state index contributed by atoms with van der Waals surface area (Å²) >= 11 is 0. The van der Waals surface area contributed by atoms with Gasteiger partial charge >= 0.3 is 0 Å². The quantitative estimate of drug-likeness (QED) is 0.441. The van der Waals surface area contributed by atoms with E-state index in [4.69, 9.17) is 5.73 Å². The first-order chi connectivity index (χ1) is 4.63. The molecule has 4 heteroatoms. The highest BCUT2D eigenvalue weighted by Crippen LogP contribution is 1.90. The van der Waals surface area contributed by atoms with E-state index in [0.717, 1.165) is 0 Å². The van der Waals surface area contributed by atoms with E-state index in [0.29, 0.717) is 5.70 Å². The van der Waals surface area contributed by atoms with Gasteiger partial charge in [-0.05, 0) is 6.92 Å². The van der Waals surface area contributed by atoms with Gasteiger partial charge in [-0.15, -0.1) is 0 Å². The van der Waals surface area contributed by atoms with Gasteiger partial charge in [-0.25, -0.2) is 0 Å². The van der Waals surface area contributed by atoms with Crippen molar-refractivity contribution in [2.24, 2.45) is 5.73 Å². The Hall–Kier alpha value is -1.19. The van der Waals surface area contributed by atoms with Crippen LogP contribution in [0.25, 0.3) is 0 Å². The number of allylic oxidation sites excluding steroid dienone is 1. The number of nitrogens with one attached hydrogen (secondary N) is 2. The zero-order valence-electron chi connectivity index (χ0n) is 6.49. The Morgan fingerprint density at radius 2 is 1.80 bits per heavy atom. The van der Waals surface area contributed by atoms with Crippen molar-refractivity contribution in [2.45, 2.75) is 6.92 Å². The van der Waals surface area contributed by atoms with Crippen molar-refractivity contribution in [1.29, 1.82) is 0 Å². The lowest BCUT2D eigenvalue weighted by Crippen LogP contribution is -2.28.